The first kappa shape index (κ1) is 13.5. The topological polar surface area (TPSA) is 104 Å². The second-order valence-electron chi connectivity index (χ2n) is 4.11. The van der Waals surface area contributed by atoms with E-state index in [4.69, 9.17) is 11.0 Å². The third-order valence-electron chi connectivity index (χ3n) is 2.41. The van der Waals surface area contributed by atoms with Crippen molar-refractivity contribution in [2.45, 2.75) is 0 Å². The monoisotopic (exact) mass is 273 g/mol. The van der Waals surface area contributed by atoms with Gasteiger partial charge in [-0.1, -0.05) is 6.07 Å². The second kappa shape index (κ2) is 5.36. The Morgan fingerprint density at radius 2 is 2.05 bits per heavy atom. The molecule has 0 spiro atoms. The van der Waals surface area contributed by atoms with Crippen LogP contribution < -0.4 is 16.0 Å². The SMILES string of the molecule is CN(C)c1nc(N)nc(Nc2cccc(F)c2C#N)n1. The summed E-state index contributed by atoms with van der Waals surface area (Å²) in [7, 11) is 3.50. The van der Waals surface area contributed by atoms with Gasteiger partial charge in [0.2, 0.25) is 17.8 Å². The van der Waals surface area contributed by atoms with Crippen LogP contribution in [0.25, 0.3) is 0 Å². The number of halogens is 1. The molecule has 0 amide bonds. The van der Waals surface area contributed by atoms with Crippen molar-refractivity contribution in [1.82, 2.24) is 15.0 Å². The van der Waals surface area contributed by atoms with Crippen LogP contribution in [0, 0.1) is 17.1 Å². The fourth-order valence-corrected chi connectivity index (χ4v) is 1.50. The number of hydrogen-bond donors (Lipinski definition) is 2. The number of rotatable bonds is 3. The maximum atomic E-state index is 13.5. The molecule has 8 heteroatoms. The van der Waals surface area contributed by atoms with E-state index in [-0.39, 0.29) is 23.1 Å². The molecule has 1 heterocycles. The van der Waals surface area contributed by atoms with Crippen LogP contribution >= 0.6 is 0 Å². The maximum Gasteiger partial charge on any atom is 0.233 e. The summed E-state index contributed by atoms with van der Waals surface area (Å²) >= 11 is 0. The lowest BCUT2D eigenvalue weighted by Crippen LogP contribution is -2.15. The minimum Gasteiger partial charge on any atom is -0.368 e. The van der Waals surface area contributed by atoms with Gasteiger partial charge < -0.3 is 16.0 Å². The Balaban J connectivity index is 2.41. The zero-order valence-electron chi connectivity index (χ0n) is 10.9. The molecule has 0 aliphatic carbocycles. The number of hydrogen-bond acceptors (Lipinski definition) is 7. The van der Waals surface area contributed by atoms with Gasteiger partial charge in [0, 0.05) is 14.1 Å². The van der Waals surface area contributed by atoms with E-state index in [1.807, 2.05) is 0 Å². The number of nitriles is 1. The highest BCUT2D eigenvalue weighted by Crippen LogP contribution is 2.21. The molecule has 2 aromatic rings. The summed E-state index contributed by atoms with van der Waals surface area (Å²) in [6, 6.07) is 6.03. The fourth-order valence-electron chi connectivity index (χ4n) is 1.50. The molecule has 0 aliphatic rings. The van der Waals surface area contributed by atoms with E-state index >= 15 is 0 Å². The van der Waals surface area contributed by atoms with E-state index in [0.717, 1.165) is 0 Å². The predicted octanol–water partition coefficient (Wildman–Crippen LogP) is 1.27. The Labute approximate surface area is 114 Å². The van der Waals surface area contributed by atoms with Gasteiger partial charge in [0.15, 0.2) is 0 Å². The third-order valence-corrected chi connectivity index (χ3v) is 2.41. The number of nitrogens with two attached hydrogens (primary N) is 1. The van der Waals surface area contributed by atoms with Crippen LogP contribution in [0.15, 0.2) is 18.2 Å². The lowest BCUT2D eigenvalue weighted by molar-refractivity contribution is 0.624. The molecule has 1 aromatic heterocycles. The number of nitrogen functional groups attached to an aromatic ring is 1. The summed E-state index contributed by atoms with van der Waals surface area (Å²) < 4.78 is 13.5. The smallest absolute Gasteiger partial charge is 0.233 e. The molecule has 2 rings (SSSR count). The van der Waals surface area contributed by atoms with Crippen LogP contribution in [-0.2, 0) is 0 Å². The van der Waals surface area contributed by atoms with Gasteiger partial charge >= 0.3 is 0 Å². The molecule has 7 nitrogen and oxygen atoms in total. The van der Waals surface area contributed by atoms with Crippen LogP contribution in [-0.4, -0.2) is 29.0 Å². The molecule has 0 saturated carbocycles. The van der Waals surface area contributed by atoms with Crippen LogP contribution in [0.2, 0.25) is 0 Å². The maximum absolute atomic E-state index is 13.5. The van der Waals surface area contributed by atoms with Crippen molar-refractivity contribution in [2.75, 3.05) is 30.0 Å². The highest BCUT2D eigenvalue weighted by molar-refractivity contribution is 5.64. The molecule has 0 unspecified atom stereocenters. The zero-order chi connectivity index (χ0) is 14.7. The van der Waals surface area contributed by atoms with Gasteiger partial charge in [-0.25, -0.2) is 4.39 Å². The van der Waals surface area contributed by atoms with Gasteiger partial charge in [0.05, 0.1) is 5.69 Å². The van der Waals surface area contributed by atoms with Gasteiger partial charge in [0.1, 0.15) is 17.4 Å². The summed E-state index contributed by atoms with van der Waals surface area (Å²) in [5.74, 6) is -0.0910. The van der Waals surface area contributed by atoms with Crippen LogP contribution in [0.3, 0.4) is 0 Å². The van der Waals surface area contributed by atoms with Crippen molar-refractivity contribution in [3.05, 3.63) is 29.6 Å². The lowest BCUT2D eigenvalue weighted by atomic mass is 10.2. The van der Waals surface area contributed by atoms with Crippen molar-refractivity contribution in [2.24, 2.45) is 0 Å². The Morgan fingerprint density at radius 3 is 2.70 bits per heavy atom. The van der Waals surface area contributed by atoms with Gasteiger partial charge in [-0.15, -0.1) is 0 Å². The van der Waals surface area contributed by atoms with Crippen molar-refractivity contribution < 1.29 is 4.39 Å². The molecular weight excluding hydrogens is 261 g/mol. The van der Waals surface area contributed by atoms with Crippen LogP contribution in [0.4, 0.5) is 27.9 Å². The highest BCUT2D eigenvalue weighted by atomic mass is 19.1. The number of aromatic nitrogens is 3. The van der Waals surface area contributed by atoms with Crippen LogP contribution in [0.5, 0.6) is 0 Å². The van der Waals surface area contributed by atoms with Gasteiger partial charge in [-0.2, -0.15) is 20.2 Å². The fraction of sp³-hybridized carbons (Fsp3) is 0.167. The van der Waals surface area contributed by atoms with E-state index in [1.165, 1.54) is 12.1 Å². The van der Waals surface area contributed by atoms with E-state index in [2.05, 4.69) is 20.3 Å². The first-order chi connectivity index (χ1) is 9.51. The minimum atomic E-state index is -0.618. The number of anilines is 4. The molecule has 0 bridgehead atoms. The van der Waals surface area contributed by atoms with Crippen molar-refractivity contribution in [1.29, 1.82) is 5.26 Å². The van der Waals surface area contributed by atoms with Gasteiger partial charge in [-0.3, -0.25) is 0 Å². The molecule has 0 aliphatic heterocycles. The number of benzene rings is 1. The standard InChI is InChI=1S/C12H12FN7/c1-20(2)12-18-10(15)17-11(19-12)16-9-5-3-4-8(13)7(9)6-14/h3-5H,1-2H3,(H3,15,16,17,18,19). The molecule has 102 valence electrons. The summed E-state index contributed by atoms with van der Waals surface area (Å²) in [6.45, 7) is 0. The van der Waals surface area contributed by atoms with Crippen molar-refractivity contribution >= 4 is 23.5 Å². The number of nitrogens with one attached hydrogen (secondary N) is 1. The van der Waals surface area contributed by atoms with E-state index in [9.17, 15) is 4.39 Å². The van der Waals surface area contributed by atoms with E-state index in [1.54, 1.807) is 31.1 Å². The normalized spacial score (nSPS) is 9.90. The molecule has 0 fully saturated rings. The summed E-state index contributed by atoms with van der Waals surface area (Å²) in [4.78, 5) is 13.6. The summed E-state index contributed by atoms with van der Waals surface area (Å²) in [5, 5.41) is 11.7. The Morgan fingerprint density at radius 1 is 1.30 bits per heavy atom. The van der Waals surface area contributed by atoms with Crippen LogP contribution in [0.1, 0.15) is 5.56 Å². The number of nitrogens with zero attached hydrogens (tertiary/aromatic N) is 5. The largest absolute Gasteiger partial charge is 0.368 e. The Hall–Kier alpha value is -2.95. The summed E-state index contributed by atoms with van der Waals surface area (Å²) in [5.41, 5.74) is 5.74. The van der Waals surface area contributed by atoms with Gasteiger partial charge in [-0.05, 0) is 12.1 Å². The molecule has 1 aromatic carbocycles. The van der Waals surface area contributed by atoms with E-state index < -0.39 is 5.82 Å². The quantitative estimate of drug-likeness (QED) is 0.867. The summed E-state index contributed by atoms with van der Waals surface area (Å²) in [6.07, 6.45) is 0. The van der Waals surface area contributed by atoms with Crippen molar-refractivity contribution in [3.63, 3.8) is 0 Å². The Kier molecular flexibility index (Phi) is 3.61. The predicted molar refractivity (Wildman–Crippen MR) is 73.0 cm³/mol. The Bertz CT molecular complexity index is 678. The third kappa shape index (κ3) is 2.72. The average Bonchev–Trinajstić information content (AvgIpc) is 2.38. The molecule has 0 radical (unpaired) electrons. The lowest BCUT2D eigenvalue weighted by Gasteiger charge is -2.12. The molecular formula is C12H12FN7. The molecule has 20 heavy (non-hydrogen) atoms. The first-order valence-electron chi connectivity index (χ1n) is 5.65. The average molecular weight is 273 g/mol. The second-order valence-corrected chi connectivity index (χ2v) is 4.11. The first-order valence-corrected chi connectivity index (χ1v) is 5.65. The molecule has 3 N–H and O–H groups in total. The van der Waals surface area contributed by atoms with Crippen molar-refractivity contribution in [3.8, 4) is 6.07 Å². The molecule has 0 atom stereocenters. The van der Waals surface area contributed by atoms with Gasteiger partial charge in [0.25, 0.3) is 0 Å². The van der Waals surface area contributed by atoms with E-state index in [0.29, 0.717) is 5.95 Å². The molecule has 0 saturated heterocycles. The highest BCUT2D eigenvalue weighted by Gasteiger charge is 2.11. The zero-order valence-corrected chi connectivity index (χ0v) is 10.9. The minimum absolute atomic E-state index is 0.0288.